The molecular weight excluding hydrogens is 591 g/mol. The van der Waals surface area contributed by atoms with E-state index in [0.29, 0.717) is 41.2 Å². The Kier molecular flexibility index (Phi) is 8.94. The van der Waals surface area contributed by atoms with E-state index < -0.39 is 11.9 Å². The normalized spacial score (nSPS) is 18.2. The van der Waals surface area contributed by atoms with Gasteiger partial charge in [0.25, 0.3) is 5.91 Å². The molecule has 2 amide bonds. The van der Waals surface area contributed by atoms with E-state index in [1.54, 1.807) is 35.7 Å². The average Bonchev–Trinajstić information content (AvgIpc) is 3.42. The third kappa shape index (κ3) is 6.21. The van der Waals surface area contributed by atoms with Crippen LogP contribution < -0.4 is 15.1 Å². The Hall–Kier alpha value is -3.80. The molecule has 2 N–H and O–H groups in total. The summed E-state index contributed by atoms with van der Waals surface area (Å²) in [7, 11) is 7.75. The second-order valence-electron chi connectivity index (χ2n) is 12.5. The number of hydrogen-bond acceptors (Lipinski definition) is 8. The first-order chi connectivity index (χ1) is 21.6. The highest BCUT2D eigenvalue weighted by molar-refractivity contribution is 7.14. The molecule has 2 aromatic heterocycles. The molecule has 1 unspecified atom stereocenters. The zero-order valence-corrected chi connectivity index (χ0v) is 27.2. The molecule has 9 nitrogen and oxygen atoms in total. The maximum atomic E-state index is 15.3. The van der Waals surface area contributed by atoms with Crippen LogP contribution in [0.15, 0.2) is 36.7 Å². The van der Waals surface area contributed by atoms with Gasteiger partial charge in [-0.3, -0.25) is 9.59 Å². The summed E-state index contributed by atoms with van der Waals surface area (Å²) < 4.78 is 15.3. The minimum atomic E-state index is -0.644. The maximum absolute atomic E-state index is 15.3. The Balaban J connectivity index is 1.25. The van der Waals surface area contributed by atoms with E-state index in [0.717, 1.165) is 54.9 Å². The van der Waals surface area contributed by atoms with Gasteiger partial charge in [-0.25, -0.2) is 9.37 Å². The molecule has 0 saturated carbocycles. The Morgan fingerprint density at radius 2 is 1.89 bits per heavy atom. The molecule has 0 bridgehead atoms. The number of carbonyl (C=O) groups excluding carboxylic acids is 2. The zero-order valence-electron chi connectivity index (χ0n) is 26.4. The van der Waals surface area contributed by atoms with Crippen LogP contribution in [-0.4, -0.2) is 85.6 Å². The summed E-state index contributed by atoms with van der Waals surface area (Å²) in [6.07, 6.45) is 8.77. The van der Waals surface area contributed by atoms with E-state index in [2.05, 4.69) is 20.1 Å². The highest BCUT2D eigenvalue weighted by Crippen LogP contribution is 2.41. The standard InChI is InChI=1S/C34H41FN6O3S/c1-38(2)13-14-39(3)23-9-10-31(36-18-23)37-28-15-21(19-40(4)33(28)43)26-16-22(35)17-29(27(26)20-42)41-12-11-25-24-7-5-6-8-30(24)45-32(25)34(41)44/h9-10,16-19,28,42H,5-8,11-15,20H2,1-4H3,(H,36,37). The van der Waals surface area contributed by atoms with Gasteiger partial charge in [0.1, 0.15) is 17.7 Å². The zero-order chi connectivity index (χ0) is 31.8. The van der Waals surface area contributed by atoms with Crippen molar-refractivity contribution in [1.82, 2.24) is 14.8 Å². The SMILES string of the molecule is CN(C)CCN(C)c1ccc(NC2CC(c3cc(F)cc(N4CCc5c(sc6c5CCCC6)C4=O)c3CO)=CN(C)C2=O)nc1. The number of thiophene rings is 1. The minimum Gasteiger partial charge on any atom is -0.392 e. The average molecular weight is 633 g/mol. The van der Waals surface area contributed by atoms with Crippen molar-refractivity contribution in [3.05, 3.63) is 74.5 Å². The van der Waals surface area contributed by atoms with Crippen LogP contribution in [0, 0.1) is 5.82 Å². The Bertz CT molecular complexity index is 1640. The number of halogens is 1. The van der Waals surface area contributed by atoms with Crippen molar-refractivity contribution in [1.29, 1.82) is 0 Å². The lowest BCUT2D eigenvalue weighted by Gasteiger charge is -2.32. The molecule has 1 aliphatic carbocycles. The van der Waals surface area contributed by atoms with Gasteiger partial charge >= 0.3 is 0 Å². The monoisotopic (exact) mass is 632 g/mol. The molecule has 238 valence electrons. The molecule has 4 heterocycles. The topological polar surface area (TPSA) is 92.2 Å². The van der Waals surface area contributed by atoms with Crippen LogP contribution in [0.2, 0.25) is 0 Å². The van der Waals surface area contributed by atoms with Gasteiger partial charge in [0, 0.05) is 56.8 Å². The molecule has 0 radical (unpaired) electrons. The second-order valence-corrected chi connectivity index (χ2v) is 13.6. The summed E-state index contributed by atoms with van der Waals surface area (Å²) in [5.74, 6) is -0.214. The highest BCUT2D eigenvalue weighted by Gasteiger charge is 2.35. The number of benzene rings is 1. The van der Waals surface area contributed by atoms with Crippen molar-refractivity contribution in [2.75, 3.05) is 62.9 Å². The van der Waals surface area contributed by atoms with Crippen molar-refractivity contribution < 1.29 is 19.1 Å². The number of nitrogens with one attached hydrogen (secondary N) is 1. The van der Waals surface area contributed by atoms with Crippen molar-refractivity contribution in [3.8, 4) is 0 Å². The number of aliphatic hydroxyl groups excluding tert-OH is 1. The molecule has 3 aliphatic rings. The predicted octanol–water partition coefficient (Wildman–Crippen LogP) is 4.54. The molecule has 0 fully saturated rings. The van der Waals surface area contributed by atoms with Gasteiger partial charge in [-0.1, -0.05) is 0 Å². The Morgan fingerprint density at radius 1 is 1.09 bits per heavy atom. The predicted molar refractivity (Wildman–Crippen MR) is 177 cm³/mol. The fraction of sp³-hybridized carbons (Fsp3) is 0.441. The molecule has 2 aliphatic heterocycles. The van der Waals surface area contributed by atoms with Gasteiger partial charge in [-0.15, -0.1) is 11.3 Å². The molecule has 6 rings (SSSR count). The van der Waals surface area contributed by atoms with Crippen LogP contribution in [0.1, 0.15) is 56.1 Å². The van der Waals surface area contributed by atoms with Gasteiger partial charge in [0.2, 0.25) is 5.91 Å². The summed E-state index contributed by atoms with van der Waals surface area (Å²) in [4.78, 5) is 41.0. The molecular formula is C34H41FN6O3S. The molecule has 45 heavy (non-hydrogen) atoms. The first-order valence-corrected chi connectivity index (χ1v) is 16.4. The van der Waals surface area contributed by atoms with Crippen LogP contribution in [0.4, 0.5) is 21.6 Å². The van der Waals surface area contributed by atoms with Crippen molar-refractivity contribution >= 4 is 45.9 Å². The summed E-state index contributed by atoms with van der Waals surface area (Å²) in [6, 6.07) is 5.91. The number of likely N-dealkylation sites (N-methyl/N-ethyl adjacent to an activating group) is 3. The summed E-state index contributed by atoms with van der Waals surface area (Å²) >= 11 is 1.58. The molecule has 1 aromatic carbocycles. The summed E-state index contributed by atoms with van der Waals surface area (Å²) in [5.41, 5.74) is 5.52. The summed E-state index contributed by atoms with van der Waals surface area (Å²) in [6.45, 7) is 1.82. The quantitative estimate of drug-likeness (QED) is 0.358. The molecule has 0 saturated heterocycles. The van der Waals surface area contributed by atoms with E-state index >= 15 is 4.39 Å². The molecule has 3 aromatic rings. The number of rotatable bonds is 9. The lowest BCUT2D eigenvalue weighted by atomic mass is 9.90. The van der Waals surface area contributed by atoms with Crippen LogP contribution in [0.5, 0.6) is 0 Å². The molecule has 0 spiro atoms. The van der Waals surface area contributed by atoms with Crippen molar-refractivity contribution in [2.24, 2.45) is 0 Å². The first kappa shape index (κ1) is 31.2. The van der Waals surface area contributed by atoms with Crippen LogP contribution in [0.25, 0.3) is 5.57 Å². The number of anilines is 3. The summed E-state index contributed by atoms with van der Waals surface area (Å²) in [5, 5.41) is 13.9. The van der Waals surface area contributed by atoms with E-state index in [1.807, 2.05) is 33.3 Å². The minimum absolute atomic E-state index is 0.131. The smallest absolute Gasteiger partial charge is 0.268 e. The van der Waals surface area contributed by atoms with Crippen LogP contribution >= 0.6 is 11.3 Å². The van der Waals surface area contributed by atoms with E-state index in [4.69, 9.17) is 0 Å². The fourth-order valence-corrected chi connectivity index (χ4v) is 8.00. The molecule has 11 heteroatoms. The number of amides is 2. The van der Waals surface area contributed by atoms with Gasteiger partial charge in [0.15, 0.2) is 0 Å². The first-order valence-electron chi connectivity index (χ1n) is 15.6. The number of carbonyl (C=O) groups is 2. The number of hydrogen-bond donors (Lipinski definition) is 2. The number of fused-ring (bicyclic) bond motifs is 3. The third-order valence-corrected chi connectivity index (χ3v) is 10.4. The molecule has 1 atom stereocenters. The maximum Gasteiger partial charge on any atom is 0.268 e. The van der Waals surface area contributed by atoms with E-state index in [9.17, 15) is 14.7 Å². The van der Waals surface area contributed by atoms with Crippen molar-refractivity contribution in [3.63, 3.8) is 0 Å². The van der Waals surface area contributed by atoms with Crippen LogP contribution in [-0.2, 0) is 30.7 Å². The number of aromatic nitrogens is 1. The number of pyridine rings is 1. The van der Waals surface area contributed by atoms with Crippen molar-refractivity contribution in [2.45, 2.75) is 51.2 Å². The Labute approximate surface area is 268 Å². The fourth-order valence-electron chi connectivity index (χ4n) is 6.61. The lowest BCUT2D eigenvalue weighted by Crippen LogP contribution is -2.42. The van der Waals surface area contributed by atoms with Gasteiger partial charge in [-0.2, -0.15) is 0 Å². The van der Waals surface area contributed by atoms with E-state index in [1.165, 1.54) is 27.5 Å². The van der Waals surface area contributed by atoms with Gasteiger partial charge in [-0.05, 0) is 92.7 Å². The second kappa shape index (κ2) is 12.9. The van der Waals surface area contributed by atoms with Gasteiger partial charge in [0.05, 0.1) is 29.1 Å². The highest BCUT2D eigenvalue weighted by atomic mass is 32.1. The third-order valence-electron chi connectivity index (χ3n) is 9.10. The Morgan fingerprint density at radius 3 is 2.62 bits per heavy atom. The largest absolute Gasteiger partial charge is 0.392 e. The number of aliphatic hydroxyl groups is 1. The van der Waals surface area contributed by atoms with E-state index in [-0.39, 0.29) is 24.8 Å². The lowest BCUT2D eigenvalue weighted by molar-refractivity contribution is -0.128. The number of aryl methyl sites for hydroxylation is 1. The van der Waals surface area contributed by atoms with Gasteiger partial charge < -0.3 is 30.0 Å². The van der Waals surface area contributed by atoms with Crippen LogP contribution in [0.3, 0.4) is 0 Å². The number of nitrogens with zero attached hydrogens (tertiary/aromatic N) is 5.